The average molecular weight is 523 g/mol. The molecule has 0 bridgehead atoms. The van der Waals surface area contributed by atoms with Gasteiger partial charge in [-0.2, -0.15) is 0 Å². The van der Waals surface area contributed by atoms with E-state index in [9.17, 15) is 4.39 Å². The van der Waals surface area contributed by atoms with E-state index in [0.29, 0.717) is 45.1 Å². The zero-order valence-electron chi connectivity index (χ0n) is 22.8. The SMILES string of the molecule is Cc1ccc(-n2c(C)ccc2C)cc1-c1cc(OCCOC2CCCCO2)nc(C2(CF)CCOCC2)c1. The molecule has 5 rings (SSSR count). The van der Waals surface area contributed by atoms with Gasteiger partial charge in [0.2, 0.25) is 5.88 Å². The molecular formula is C31H39FN2O4. The third-order valence-corrected chi connectivity index (χ3v) is 7.89. The van der Waals surface area contributed by atoms with Gasteiger partial charge in [-0.3, -0.25) is 4.39 Å². The highest BCUT2D eigenvalue weighted by molar-refractivity contribution is 5.71. The normalized spacial score (nSPS) is 19.4. The van der Waals surface area contributed by atoms with Crippen LogP contribution in [0.3, 0.4) is 0 Å². The molecule has 4 heterocycles. The number of ether oxygens (including phenoxy) is 4. The molecule has 6 nitrogen and oxygen atoms in total. The highest BCUT2D eigenvalue weighted by Gasteiger charge is 2.37. The Hall–Kier alpha value is -2.74. The van der Waals surface area contributed by atoms with Crippen LogP contribution in [0.2, 0.25) is 0 Å². The predicted octanol–water partition coefficient (Wildman–Crippen LogP) is 6.40. The number of benzene rings is 1. The van der Waals surface area contributed by atoms with Gasteiger partial charge in [0, 0.05) is 48.4 Å². The first-order chi connectivity index (χ1) is 18.5. The Morgan fingerprint density at radius 3 is 2.47 bits per heavy atom. The summed E-state index contributed by atoms with van der Waals surface area (Å²) in [5, 5.41) is 0. The predicted molar refractivity (Wildman–Crippen MR) is 146 cm³/mol. The zero-order valence-corrected chi connectivity index (χ0v) is 22.8. The second-order valence-corrected chi connectivity index (χ2v) is 10.6. The first-order valence-corrected chi connectivity index (χ1v) is 13.8. The molecule has 1 aromatic carbocycles. The lowest BCUT2D eigenvalue weighted by molar-refractivity contribution is -0.165. The van der Waals surface area contributed by atoms with Gasteiger partial charge in [0.15, 0.2) is 6.29 Å². The first-order valence-electron chi connectivity index (χ1n) is 13.8. The highest BCUT2D eigenvalue weighted by atomic mass is 19.1. The highest BCUT2D eigenvalue weighted by Crippen LogP contribution is 2.38. The van der Waals surface area contributed by atoms with E-state index in [1.165, 1.54) is 11.4 Å². The first kappa shape index (κ1) is 26.9. The van der Waals surface area contributed by atoms with E-state index in [4.69, 9.17) is 23.9 Å². The minimum atomic E-state index is -0.669. The van der Waals surface area contributed by atoms with Crippen LogP contribution in [-0.2, 0) is 19.6 Å². The van der Waals surface area contributed by atoms with Crippen LogP contribution < -0.4 is 4.74 Å². The van der Waals surface area contributed by atoms with Crippen LogP contribution in [0.5, 0.6) is 5.88 Å². The molecule has 2 saturated heterocycles. The molecule has 0 radical (unpaired) electrons. The third kappa shape index (κ3) is 5.80. The van der Waals surface area contributed by atoms with E-state index >= 15 is 0 Å². The summed E-state index contributed by atoms with van der Waals surface area (Å²) in [4.78, 5) is 4.83. The Balaban J connectivity index is 1.47. The Bertz CT molecular complexity index is 1210. The van der Waals surface area contributed by atoms with Crippen molar-refractivity contribution in [3.63, 3.8) is 0 Å². The number of alkyl halides is 1. The molecule has 1 unspecified atom stereocenters. The molecule has 0 N–H and O–H groups in total. The molecule has 0 spiro atoms. The second kappa shape index (κ2) is 12.0. The smallest absolute Gasteiger partial charge is 0.214 e. The zero-order chi connectivity index (χ0) is 26.5. The number of hydrogen-bond acceptors (Lipinski definition) is 5. The molecule has 3 aromatic rings. The minimum absolute atomic E-state index is 0.162. The van der Waals surface area contributed by atoms with Gasteiger partial charge in [-0.1, -0.05) is 6.07 Å². The molecule has 7 heteroatoms. The van der Waals surface area contributed by atoms with Crippen LogP contribution in [-0.4, -0.2) is 55.6 Å². The maximum atomic E-state index is 14.6. The van der Waals surface area contributed by atoms with Gasteiger partial charge in [0.25, 0.3) is 0 Å². The van der Waals surface area contributed by atoms with E-state index in [0.717, 1.165) is 53.9 Å². The summed E-state index contributed by atoms with van der Waals surface area (Å²) in [6.07, 6.45) is 4.15. The van der Waals surface area contributed by atoms with Crippen LogP contribution in [0.15, 0.2) is 42.5 Å². The fourth-order valence-corrected chi connectivity index (χ4v) is 5.53. The Labute approximate surface area is 225 Å². The summed E-state index contributed by atoms with van der Waals surface area (Å²) in [5.74, 6) is 0.489. The van der Waals surface area contributed by atoms with E-state index in [2.05, 4.69) is 55.7 Å². The number of aromatic nitrogens is 2. The van der Waals surface area contributed by atoms with Crippen LogP contribution in [0.25, 0.3) is 16.8 Å². The standard InChI is InChI=1S/C31H39FN2O4/c1-22-7-10-26(34-23(2)8-9-24(34)3)20-27(22)25-18-28(31(21-32)11-14-35-15-12-31)33-29(19-25)36-16-17-38-30-6-4-5-13-37-30/h7-10,18-20,30H,4-6,11-17,21H2,1-3H3. The fraction of sp³-hybridized carbons (Fsp3) is 0.516. The Morgan fingerprint density at radius 1 is 0.974 bits per heavy atom. The summed E-state index contributed by atoms with van der Waals surface area (Å²) in [6.45, 7) is 8.41. The van der Waals surface area contributed by atoms with Crippen molar-refractivity contribution in [1.82, 2.24) is 9.55 Å². The maximum Gasteiger partial charge on any atom is 0.214 e. The number of aryl methyl sites for hydroxylation is 3. The van der Waals surface area contributed by atoms with Crippen LogP contribution in [0, 0.1) is 20.8 Å². The molecule has 2 aromatic heterocycles. The Kier molecular flexibility index (Phi) is 8.46. The lowest BCUT2D eigenvalue weighted by Gasteiger charge is -2.34. The number of pyridine rings is 1. The van der Waals surface area contributed by atoms with Crippen molar-refractivity contribution in [2.45, 2.75) is 64.6 Å². The largest absolute Gasteiger partial charge is 0.475 e. The van der Waals surface area contributed by atoms with Crippen LogP contribution >= 0.6 is 0 Å². The van der Waals surface area contributed by atoms with Gasteiger partial charge in [0.1, 0.15) is 13.3 Å². The molecule has 204 valence electrons. The summed E-state index contributed by atoms with van der Waals surface area (Å²) in [5.41, 5.74) is 6.70. The topological polar surface area (TPSA) is 54.7 Å². The fourth-order valence-electron chi connectivity index (χ4n) is 5.53. The second-order valence-electron chi connectivity index (χ2n) is 10.6. The van der Waals surface area contributed by atoms with Crippen molar-refractivity contribution in [2.75, 3.05) is 39.7 Å². The van der Waals surface area contributed by atoms with E-state index in [-0.39, 0.29) is 6.29 Å². The maximum absolute atomic E-state index is 14.6. The molecule has 1 atom stereocenters. The Morgan fingerprint density at radius 2 is 1.76 bits per heavy atom. The van der Waals surface area contributed by atoms with Crippen molar-refractivity contribution in [3.8, 4) is 22.7 Å². The van der Waals surface area contributed by atoms with E-state index in [1.54, 1.807) is 0 Å². The van der Waals surface area contributed by atoms with E-state index < -0.39 is 12.1 Å². The number of nitrogens with zero attached hydrogens (tertiary/aromatic N) is 2. The third-order valence-electron chi connectivity index (χ3n) is 7.89. The van der Waals surface area contributed by atoms with Crippen molar-refractivity contribution >= 4 is 0 Å². The molecule has 0 saturated carbocycles. The molecule has 2 fully saturated rings. The van der Waals surface area contributed by atoms with Gasteiger partial charge in [-0.25, -0.2) is 4.98 Å². The summed E-state index contributed by atoms with van der Waals surface area (Å²) >= 11 is 0. The van der Waals surface area contributed by atoms with Crippen molar-refractivity contribution < 1.29 is 23.3 Å². The summed E-state index contributed by atoms with van der Waals surface area (Å²) in [7, 11) is 0. The van der Waals surface area contributed by atoms with Gasteiger partial charge >= 0.3 is 0 Å². The van der Waals surface area contributed by atoms with E-state index in [1.807, 2.05) is 12.1 Å². The molecule has 0 amide bonds. The lowest BCUT2D eigenvalue weighted by atomic mass is 9.77. The molecular weight excluding hydrogens is 483 g/mol. The van der Waals surface area contributed by atoms with Crippen molar-refractivity contribution in [1.29, 1.82) is 0 Å². The minimum Gasteiger partial charge on any atom is -0.475 e. The number of hydrogen-bond donors (Lipinski definition) is 0. The molecule has 2 aliphatic heterocycles. The molecule has 0 aliphatic carbocycles. The van der Waals surface area contributed by atoms with Crippen LogP contribution in [0.4, 0.5) is 4.39 Å². The van der Waals surface area contributed by atoms with Crippen LogP contribution in [0.1, 0.15) is 54.7 Å². The number of rotatable bonds is 9. The number of halogens is 1. The quantitative estimate of drug-likeness (QED) is 0.304. The summed E-state index contributed by atoms with van der Waals surface area (Å²) in [6, 6.07) is 14.8. The van der Waals surface area contributed by atoms with Gasteiger partial charge in [0.05, 0.1) is 12.3 Å². The molecule has 38 heavy (non-hydrogen) atoms. The molecule has 2 aliphatic rings. The monoisotopic (exact) mass is 522 g/mol. The van der Waals surface area contributed by atoms with Gasteiger partial charge in [-0.05, 0) is 99.9 Å². The van der Waals surface area contributed by atoms with Gasteiger partial charge < -0.3 is 23.5 Å². The van der Waals surface area contributed by atoms with Crippen molar-refractivity contribution in [2.24, 2.45) is 0 Å². The van der Waals surface area contributed by atoms with Crippen molar-refractivity contribution in [3.05, 3.63) is 65.1 Å². The summed E-state index contributed by atoms with van der Waals surface area (Å²) < 4.78 is 40.1. The average Bonchev–Trinajstić information content (AvgIpc) is 3.29. The van der Waals surface area contributed by atoms with Gasteiger partial charge in [-0.15, -0.1) is 0 Å². The lowest BCUT2D eigenvalue weighted by Crippen LogP contribution is -2.36.